The molecule has 0 aromatic rings. The molecule has 0 heterocycles. The second-order valence-electron chi connectivity index (χ2n) is 5.55. The average Bonchev–Trinajstić information content (AvgIpc) is 2.49. The molecule has 0 radical (unpaired) electrons. The van der Waals surface area contributed by atoms with Gasteiger partial charge in [0.1, 0.15) is 0 Å². The molecule has 2 unspecified atom stereocenters. The first-order valence-corrected chi connectivity index (χ1v) is 5.82. The Balaban J connectivity index is 2.18. The molecular formula is C12H25NO. The fourth-order valence-corrected chi connectivity index (χ4v) is 1.97. The first kappa shape index (κ1) is 12.0. The van der Waals surface area contributed by atoms with E-state index in [2.05, 4.69) is 26.1 Å². The average molecular weight is 199 g/mol. The van der Waals surface area contributed by atoms with Crippen LogP contribution in [0.1, 0.15) is 46.5 Å². The molecule has 84 valence electrons. The maximum absolute atomic E-state index is 5.92. The highest BCUT2D eigenvalue weighted by Gasteiger charge is 2.26. The molecular weight excluding hydrogens is 174 g/mol. The summed E-state index contributed by atoms with van der Waals surface area (Å²) in [6.07, 6.45) is 5.43. The highest BCUT2D eigenvalue weighted by molar-refractivity contribution is 4.82. The van der Waals surface area contributed by atoms with Crippen LogP contribution in [0.25, 0.3) is 0 Å². The maximum Gasteiger partial charge on any atom is 0.0727 e. The Kier molecular flexibility index (Phi) is 4.39. The number of hydrogen-bond donors (Lipinski definition) is 1. The van der Waals surface area contributed by atoms with Crippen LogP contribution in [0.15, 0.2) is 0 Å². The van der Waals surface area contributed by atoms with E-state index < -0.39 is 0 Å². The lowest BCUT2D eigenvalue weighted by Crippen LogP contribution is -2.35. The minimum Gasteiger partial charge on any atom is -0.377 e. The van der Waals surface area contributed by atoms with Crippen molar-refractivity contribution >= 4 is 0 Å². The van der Waals surface area contributed by atoms with Crippen LogP contribution >= 0.6 is 0 Å². The topological polar surface area (TPSA) is 21.3 Å². The summed E-state index contributed by atoms with van der Waals surface area (Å²) >= 11 is 0. The smallest absolute Gasteiger partial charge is 0.0727 e. The molecule has 1 aliphatic carbocycles. The Labute approximate surface area is 88.4 Å². The summed E-state index contributed by atoms with van der Waals surface area (Å²) in [7, 11) is 2.04. The van der Waals surface area contributed by atoms with Gasteiger partial charge in [-0.2, -0.15) is 0 Å². The predicted octanol–water partition coefficient (Wildman–Crippen LogP) is 2.58. The Morgan fingerprint density at radius 3 is 2.57 bits per heavy atom. The van der Waals surface area contributed by atoms with Crippen LogP contribution in [-0.4, -0.2) is 25.8 Å². The maximum atomic E-state index is 5.92. The zero-order valence-corrected chi connectivity index (χ0v) is 10.1. The standard InChI is InChI=1S/C12H25NO/c1-12(2,3)8-9-14-11-7-5-6-10(11)13-4/h10-11,13H,5-9H2,1-4H3. The third-order valence-electron chi connectivity index (χ3n) is 3.01. The van der Waals surface area contributed by atoms with Gasteiger partial charge in [-0.25, -0.2) is 0 Å². The van der Waals surface area contributed by atoms with Crippen LogP contribution < -0.4 is 5.32 Å². The molecule has 1 saturated carbocycles. The summed E-state index contributed by atoms with van der Waals surface area (Å²) in [5.74, 6) is 0. The molecule has 2 atom stereocenters. The minimum absolute atomic E-state index is 0.397. The monoisotopic (exact) mass is 199 g/mol. The van der Waals surface area contributed by atoms with Gasteiger partial charge in [0, 0.05) is 12.6 Å². The molecule has 0 aromatic heterocycles. The molecule has 14 heavy (non-hydrogen) atoms. The summed E-state index contributed by atoms with van der Waals surface area (Å²) in [5, 5.41) is 3.34. The first-order valence-electron chi connectivity index (χ1n) is 5.82. The number of likely N-dealkylation sites (N-methyl/N-ethyl adjacent to an activating group) is 1. The quantitative estimate of drug-likeness (QED) is 0.751. The van der Waals surface area contributed by atoms with Crippen molar-refractivity contribution in [3.63, 3.8) is 0 Å². The van der Waals surface area contributed by atoms with Gasteiger partial charge in [0.2, 0.25) is 0 Å². The Bertz CT molecular complexity index is 162. The lowest BCUT2D eigenvalue weighted by Gasteiger charge is -2.23. The molecule has 1 fully saturated rings. The summed E-state index contributed by atoms with van der Waals surface area (Å²) in [6.45, 7) is 7.70. The van der Waals surface area contributed by atoms with Gasteiger partial charge in [0.15, 0.2) is 0 Å². The van der Waals surface area contributed by atoms with Crippen LogP contribution in [0.2, 0.25) is 0 Å². The van der Waals surface area contributed by atoms with E-state index in [1.165, 1.54) is 19.3 Å². The van der Waals surface area contributed by atoms with Gasteiger partial charge in [-0.05, 0) is 38.1 Å². The molecule has 1 rings (SSSR count). The van der Waals surface area contributed by atoms with E-state index in [1.54, 1.807) is 0 Å². The van der Waals surface area contributed by atoms with Crippen LogP contribution in [0.4, 0.5) is 0 Å². The van der Waals surface area contributed by atoms with E-state index in [1.807, 2.05) is 7.05 Å². The molecule has 0 aliphatic heterocycles. The second kappa shape index (κ2) is 5.13. The Morgan fingerprint density at radius 2 is 2.00 bits per heavy atom. The third-order valence-corrected chi connectivity index (χ3v) is 3.01. The number of rotatable bonds is 4. The molecule has 0 aromatic carbocycles. The van der Waals surface area contributed by atoms with Gasteiger partial charge in [-0.1, -0.05) is 20.8 Å². The van der Waals surface area contributed by atoms with Crippen molar-refractivity contribution in [2.24, 2.45) is 5.41 Å². The number of ether oxygens (including phenoxy) is 1. The summed E-state index contributed by atoms with van der Waals surface area (Å²) in [4.78, 5) is 0. The van der Waals surface area contributed by atoms with Gasteiger partial charge in [0.05, 0.1) is 6.10 Å². The molecule has 0 bridgehead atoms. The van der Waals surface area contributed by atoms with E-state index in [0.29, 0.717) is 17.6 Å². The zero-order chi connectivity index (χ0) is 10.6. The van der Waals surface area contributed by atoms with E-state index in [0.717, 1.165) is 13.0 Å². The fraction of sp³-hybridized carbons (Fsp3) is 1.00. The van der Waals surface area contributed by atoms with Gasteiger partial charge in [-0.15, -0.1) is 0 Å². The molecule has 0 amide bonds. The molecule has 2 heteroatoms. The summed E-state index contributed by atoms with van der Waals surface area (Å²) < 4.78 is 5.92. The van der Waals surface area contributed by atoms with Crippen molar-refractivity contribution in [3.05, 3.63) is 0 Å². The molecule has 0 spiro atoms. The normalized spacial score (nSPS) is 28.3. The van der Waals surface area contributed by atoms with E-state index in [-0.39, 0.29) is 0 Å². The molecule has 1 N–H and O–H groups in total. The van der Waals surface area contributed by atoms with Crippen molar-refractivity contribution in [3.8, 4) is 0 Å². The predicted molar refractivity (Wildman–Crippen MR) is 60.5 cm³/mol. The highest BCUT2D eigenvalue weighted by atomic mass is 16.5. The van der Waals surface area contributed by atoms with Gasteiger partial charge in [-0.3, -0.25) is 0 Å². The van der Waals surface area contributed by atoms with E-state index >= 15 is 0 Å². The van der Waals surface area contributed by atoms with Gasteiger partial charge < -0.3 is 10.1 Å². The van der Waals surface area contributed by atoms with Gasteiger partial charge in [0.25, 0.3) is 0 Å². The Hall–Kier alpha value is -0.0800. The van der Waals surface area contributed by atoms with Crippen molar-refractivity contribution < 1.29 is 4.74 Å². The largest absolute Gasteiger partial charge is 0.377 e. The minimum atomic E-state index is 0.397. The third kappa shape index (κ3) is 3.97. The number of nitrogens with one attached hydrogen (secondary N) is 1. The van der Waals surface area contributed by atoms with Crippen LogP contribution in [0, 0.1) is 5.41 Å². The first-order chi connectivity index (χ1) is 6.53. The Morgan fingerprint density at radius 1 is 1.29 bits per heavy atom. The van der Waals surface area contributed by atoms with Gasteiger partial charge >= 0.3 is 0 Å². The van der Waals surface area contributed by atoms with Crippen LogP contribution in [-0.2, 0) is 4.74 Å². The summed E-state index contributed by atoms with van der Waals surface area (Å²) in [6, 6.07) is 0.593. The summed E-state index contributed by atoms with van der Waals surface area (Å²) in [5.41, 5.74) is 0.397. The van der Waals surface area contributed by atoms with Crippen LogP contribution in [0.5, 0.6) is 0 Å². The zero-order valence-electron chi connectivity index (χ0n) is 10.1. The van der Waals surface area contributed by atoms with Crippen molar-refractivity contribution in [1.82, 2.24) is 5.32 Å². The SMILES string of the molecule is CNC1CCCC1OCCC(C)(C)C. The van der Waals surface area contributed by atoms with Crippen molar-refractivity contribution in [2.45, 2.75) is 58.6 Å². The second-order valence-corrected chi connectivity index (χ2v) is 5.55. The van der Waals surface area contributed by atoms with Crippen LogP contribution in [0.3, 0.4) is 0 Å². The molecule has 1 aliphatic rings. The molecule has 2 nitrogen and oxygen atoms in total. The van der Waals surface area contributed by atoms with E-state index in [4.69, 9.17) is 4.74 Å². The van der Waals surface area contributed by atoms with E-state index in [9.17, 15) is 0 Å². The highest BCUT2D eigenvalue weighted by Crippen LogP contribution is 2.24. The van der Waals surface area contributed by atoms with Crippen molar-refractivity contribution in [2.75, 3.05) is 13.7 Å². The number of hydrogen-bond acceptors (Lipinski definition) is 2. The molecule has 0 saturated heterocycles. The lowest BCUT2D eigenvalue weighted by atomic mass is 9.93. The lowest BCUT2D eigenvalue weighted by molar-refractivity contribution is 0.0276. The fourth-order valence-electron chi connectivity index (χ4n) is 1.97. The van der Waals surface area contributed by atoms with Crippen molar-refractivity contribution in [1.29, 1.82) is 0 Å².